The van der Waals surface area contributed by atoms with Gasteiger partial charge in [-0.3, -0.25) is 0 Å². The van der Waals surface area contributed by atoms with E-state index in [4.69, 9.17) is 45.9 Å². The summed E-state index contributed by atoms with van der Waals surface area (Å²) in [5.74, 6) is 0.622. The zero-order chi connectivity index (χ0) is 11.4. The molecular weight excluding hydrogens is 253 g/mol. The molecule has 0 aliphatic heterocycles. The zero-order valence-corrected chi connectivity index (χ0v) is 10.5. The molecule has 1 rings (SSSR count). The lowest BCUT2D eigenvalue weighted by atomic mass is 10.3. The lowest BCUT2D eigenvalue weighted by Gasteiger charge is -2.14. The highest BCUT2D eigenvalue weighted by molar-refractivity contribution is 7.80. The number of hydrogen-bond acceptors (Lipinski definition) is 2. The third-order valence-corrected chi connectivity index (χ3v) is 2.27. The van der Waals surface area contributed by atoms with Crippen LogP contribution in [0.2, 0.25) is 10.0 Å². The first kappa shape index (κ1) is 12.6. The minimum atomic E-state index is -0.0861. The van der Waals surface area contributed by atoms with E-state index in [0.29, 0.717) is 27.2 Å². The topological polar surface area (TPSA) is 35.2 Å². The molecule has 0 saturated heterocycles. The predicted octanol–water partition coefficient (Wildman–Crippen LogP) is 3.44. The van der Waals surface area contributed by atoms with Crippen LogP contribution in [-0.2, 0) is 0 Å². The highest BCUT2D eigenvalue weighted by Gasteiger charge is 2.06. The summed E-state index contributed by atoms with van der Waals surface area (Å²) in [7, 11) is 0. The van der Waals surface area contributed by atoms with Crippen molar-refractivity contribution in [2.75, 3.05) is 0 Å². The molecule has 0 fully saturated rings. The summed E-state index contributed by atoms with van der Waals surface area (Å²) >= 11 is 16.4. The number of benzene rings is 1. The molecule has 15 heavy (non-hydrogen) atoms. The molecule has 1 aromatic carbocycles. The molecule has 82 valence electrons. The number of rotatable bonds is 4. The maximum absolute atomic E-state index is 5.82. The predicted molar refractivity (Wildman–Crippen MR) is 68.0 cm³/mol. The van der Waals surface area contributed by atoms with Gasteiger partial charge >= 0.3 is 0 Å². The van der Waals surface area contributed by atoms with Crippen molar-refractivity contribution >= 4 is 40.4 Å². The van der Waals surface area contributed by atoms with E-state index in [9.17, 15) is 0 Å². The highest BCUT2D eigenvalue weighted by Crippen LogP contribution is 2.25. The molecule has 1 aromatic rings. The Morgan fingerprint density at radius 3 is 2.40 bits per heavy atom. The van der Waals surface area contributed by atoms with Crippen LogP contribution >= 0.6 is 35.4 Å². The van der Waals surface area contributed by atoms with Crippen molar-refractivity contribution in [2.45, 2.75) is 19.4 Å². The van der Waals surface area contributed by atoms with Gasteiger partial charge in [0.15, 0.2) is 0 Å². The van der Waals surface area contributed by atoms with E-state index in [1.807, 2.05) is 6.92 Å². The molecule has 0 amide bonds. The monoisotopic (exact) mass is 263 g/mol. The number of ether oxygens (including phenoxy) is 1. The fourth-order valence-electron chi connectivity index (χ4n) is 1.15. The Balaban J connectivity index is 2.67. The average molecular weight is 264 g/mol. The van der Waals surface area contributed by atoms with Crippen LogP contribution in [0, 0.1) is 0 Å². The van der Waals surface area contributed by atoms with Gasteiger partial charge in [-0.15, -0.1) is 0 Å². The van der Waals surface area contributed by atoms with E-state index in [0.717, 1.165) is 0 Å². The molecule has 2 N–H and O–H groups in total. The largest absolute Gasteiger partial charge is 0.490 e. The molecule has 1 unspecified atom stereocenters. The fraction of sp³-hybridized carbons (Fsp3) is 0.300. The Bertz CT molecular complexity index is 350. The van der Waals surface area contributed by atoms with Crippen LogP contribution in [0.4, 0.5) is 0 Å². The van der Waals surface area contributed by atoms with Crippen molar-refractivity contribution < 1.29 is 4.74 Å². The average Bonchev–Trinajstić information content (AvgIpc) is 1.98. The quantitative estimate of drug-likeness (QED) is 0.846. The minimum absolute atomic E-state index is 0.0861. The number of thiocarbonyl (C=S) groups is 1. The summed E-state index contributed by atoms with van der Waals surface area (Å²) in [6.07, 6.45) is 0.441. The van der Waals surface area contributed by atoms with Gasteiger partial charge in [0.25, 0.3) is 0 Å². The number of hydrogen-bond donors (Lipinski definition) is 1. The van der Waals surface area contributed by atoms with Gasteiger partial charge < -0.3 is 10.5 Å². The van der Waals surface area contributed by atoms with Crippen LogP contribution in [-0.4, -0.2) is 11.1 Å². The Kier molecular flexibility index (Phi) is 4.64. The van der Waals surface area contributed by atoms with Crippen molar-refractivity contribution in [1.82, 2.24) is 0 Å². The fourth-order valence-corrected chi connectivity index (χ4v) is 1.89. The first-order chi connectivity index (χ1) is 6.97. The van der Waals surface area contributed by atoms with Crippen LogP contribution < -0.4 is 10.5 Å². The number of halogens is 2. The Hall–Kier alpha value is -0.510. The molecule has 1 atom stereocenters. The van der Waals surface area contributed by atoms with Gasteiger partial charge in [0.2, 0.25) is 0 Å². The van der Waals surface area contributed by atoms with Crippen LogP contribution in [0.25, 0.3) is 0 Å². The van der Waals surface area contributed by atoms with E-state index in [2.05, 4.69) is 0 Å². The lowest BCUT2D eigenvalue weighted by Crippen LogP contribution is -2.20. The van der Waals surface area contributed by atoms with Crippen molar-refractivity contribution in [1.29, 1.82) is 0 Å². The molecule has 0 heterocycles. The maximum atomic E-state index is 5.82. The first-order valence-electron chi connectivity index (χ1n) is 4.38. The van der Waals surface area contributed by atoms with Gasteiger partial charge in [-0.1, -0.05) is 35.4 Å². The second-order valence-corrected chi connectivity index (χ2v) is 4.60. The zero-order valence-electron chi connectivity index (χ0n) is 8.17. The smallest absolute Gasteiger partial charge is 0.122 e. The van der Waals surface area contributed by atoms with Crippen LogP contribution in [0.5, 0.6) is 5.75 Å². The third-order valence-electron chi connectivity index (χ3n) is 1.66. The minimum Gasteiger partial charge on any atom is -0.490 e. The second kappa shape index (κ2) is 5.54. The van der Waals surface area contributed by atoms with E-state index >= 15 is 0 Å². The molecule has 0 aliphatic rings. The normalized spacial score (nSPS) is 12.2. The Morgan fingerprint density at radius 1 is 1.40 bits per heavy atom. The van der Waals surface area contributed by atoms with E-state index in [1.54, 1.807) is 18.2 Å². The third kappa shape index (κ3) is 4.69. The molecule has 0 aliphatic carbocycles. The van der Waals surface area contributed by atoms with Gasteiger partial charge in [0, 0.05) is 16.5 Å². The van der Waals surface area contributed by atoms with Gasteiger partial charge in [-0.2, -0.15) is 0 Å². The first-order valence-corrected chi connectivity index (χ1v) is 5.55. The molecule has 0 bridgehead atoms. The molecule has 5 heteroatoms. The van der Waals surface area contributed by atoms with E-state index < -0.39 is 0 Å². The van der Waals surface area contributed by atoms with Gasteiger partial charge in [-0.25, -0.2) is 0 Å². The van der Waals surface area contributed by atoms with Crippen molar-refractivity contribution in [3.05, 3.63) is 28.2 Å². The highest BCUT2D eigenvalue weighted by atomic mass is 35.5. The van der Waals surface area contributed by atoms with E-state index in [-0.39, 0.29) is 6.10 Å². The molecule has 2 nitrogen and oxygen atoms in total. The maximum Gasteiger partial charge on any atom is 0.122 e. The summed E-state index contributed by atoms with van der Waals surface area (Å²) in [4.78, 5) is 0.427. The number of nitrogens with two attached hydrogens (primary N) is 1. The van der Waals surface area contributed by atoms with Gasteiger partial charge in [-0.05, 0) is 25.1 Å². The second-order valence-electron chi connectivity index (χ2n) is 3.20. The lowest BCUT2D eigenvalue weighted by molar-refractivity contribution is 0.230. The van der Waals surface area contributed by atoms with Crippen molar-refractivity contribution in [3.63, 3.8) is 0 Å². The van der Waals surface area contributed by atoms with Crippen molar-refractivity contribution in [3.8, 4) is 5.75 Å². The van der Waals surface area contributed by atoms with Crippen molar-refractivity contribution in [2.24, 2.45) is 5.73 Å². The van der Waals surface area contributed by atoms with Gasteiger partial charge in [0.1, 0.15) is 11.9 Å². The standard InChI is InChI=1S/C10H11Cl2NOS/c1-6(2-10(13)15)14-9-4-7(11)3-8(12)5-9/h3-6H,2H2,1H3,(H2,13,15). The summed E-state index contributed by atoms with van der Waals surface area (Å²) in [5, 5.41) is 1.08. The van der Waals surface area contributed by atoms with Gasteiger partial charge in [0.05, 0.1) is 4.99 Å². The molecular formula is C10H11Cl2NOS. The molecule has 0 spiro atoms. The van der Waals surface area contributed by atoms with Crippen LogP contribution in [0.15, 0.2) is 18.2 Å². The summed E-state index contributed by atoms with van der Waals surface area (Å²) in [6.45, 7) is 1.88. The van der Waals surface area contributed by atoms with Crippen LogP contribution in [0.3, 0.4) is 0 Å². The molecule has 0 saturated carbocycles. The Labute approximate surface area is 104 Å². The SMILES string of the molecule is CC(CC(N)=S)Oc1cc(Cl)cc(Cl)c1. The van der Waals surface area contributed by atoms with Crippen LogP contribution in [0.1, 0.15) is 13.3 Å². The molecule has 0 aromatic heterocycles. The molecule has 0 radical (unpaired) electrons. The summed E-state index contributed by atoms with van der Waals surface area (Å²) < 4.78 is 5.55. The summed E-state index contributed by atoms with van der Waals surface area (Å²) in [5.41, 5.74) is 5.41. The summed E-state index contributed by atoms with van der Waals surface area (Å²) in [6, 6.07) is 5.04. The Morgan fingerprint density at radius 2 is 1.93 bits per heavy atom. The van der Waals surface area contributed by atoms with E-state index in [1.165, 1.54) is 0 Å².